The lowest BCUT2D eigenvalue weighted by atomic mass is 9.77. The van der Waals surface area contributed by atoms with Gasteiger partial charge >= 0.3 is 0 Å². The summed E-state index contributed by atoms with van der Waals surface area (Å²) in [5.41, 5.74) is 0.704. The summed E-state index contributed by atoms with van der Waals surface area (Å²) in [7, 11) is 0. The second-order valence-corrected chi connectivity index (χ2v) is 4.88. The second kappa shape index (κ2) is 3.00. The zero-order valence-electron chi connectivity index (χ0n) is 8.05. The van der Waals surface area contributed by atoms with Gasteiger partial charge in [0.2, 0.25) is 0 Å². The lowest BCUT2D eigenvalue weighted by molar-refractivity contribution is 0.106. The Hall–Kier alpha value is -0.0800. The molecule has 12 heavy (non-hydrogen) atoms. The van der Waals surface area contributed by atoms with Crippen LogP contribution in [0.15, 0.2) is 0 Å². The van der Waals surface area contributed by atoms with E-state index in [1.165, 1.54) is 32.1 Å². The highest BCUT2D eigenvalue weighted by molar-refractivity contribution is 4.90. The molecule has 2 heteroatoms. The third-order valence-electron chi connectivity index (χ3n) is 3.81. The number of nitrogens with zero attached hydrogens (tertiary/aromatic N) is 1. The molecule has 0 radical (unpaired) electrons. The summed E-state index contributed by atoms with van der Waals surface area (Å²) in [6.45, 7) is 4.63. The molecule has 1 saturated carbocycles. The molecule has 1 atom stereocenters. The molecular formula is C10H20N2. The summed E-state index contributed by atoms with van der Waals surface area (Å²) >= 11 is 0. The molecule has 1 spiro atoms. The van der Waals surface area contributed by atoms with Crippen LogP contribution in [0.4, 0.5) is 0 Å². The van der Waals surface area contributed by atoms with Gasteiger partial charge in [-0.3, -0.25) is 5.84 Å². The van der Waals surface area contributed by atoms with Crippen LogP contribution in [0.1, 0.15) is 39.0 Å². The minimum absolute atomic E-state index is 0.704. The molecule has 1 aliphatic heterocycles. The average molecular weight is 168 g/mol. The van der Waals surface area contributed by atoms with Gasteiger partial charge in [-0.25, -0.2) is 5.01 Å². The summed E-state index contributed by atoms with van der Waals surface area (Å²) in [5, 5.41) is 1.98. The maximum atomic E-state index is 5.75. The van der Waals surface area contributed by atoms with Crippen LogP contribution in [-0.2, 0) is 0 Å². The van der Waals surface area contributed by atoms with E-state index in [0.29, 0.717) is 5.41 Å². The Morgan fingerprint density at radius 2 is 1.92 bits per heavy atom. The number of piperidine rings is 1. The molecule has 0 aromatic heterocycles. The van der Waals surface area contributed by atoms with Crippen molar-refractivity contribution < 1.29 is 0 Å². The molecule has 1 aliphatic carbocycles. The number of hydrogen-bond donors (Lipinski definition) is 1. The molecule has 0 aromatic rings. The number of rotatable bonds is 0. The van der Waals surface area contributed by atoms with Gasteiger partial charge in [0, 0.05) is 13.1 Å². The maximum Gasteiger partial charge on any atom is 0.0133 e. The van der Waals surface area contributed by atoms with Gasteiger partial charge in [-0.05, 0) is 37.0 Å². The van der Waals surface area contributed by atoms with Crippen molar-refractivity contribution in [3.63, 3.8) is 0 Å². The topological polar surface area (TPSA) is 29.3 Å². The summed E-state index contributed by atoms with van der Waals surface area (Å²) in [5.74, 6) is 6.72. The Balaban J connectivity index is 1.95. The fourth-order valence-corrected chi connectivity index (χ4v) is 2.95. The molecule has 2 aliphatic rings. The zero-order chi connectivity index (χ0) is 8.60. The molecule has 0 aromatic carbocycles. The Morgan fingerprint density at radius 3 is 2.42 bits per heavy atom. The average Bonchev–Trinajstić information content (AvgIpc) is 2.40. The molecule has 1 unspecified atom stereocenters. The van der Waals surface area contributed by atoms with Gasteiger partial charge in [0.25, 0.3) is 0 Å². The standard InChI is InChI=1S/C10H20N2/c1-9-2-3-10(8-9)4-6-12(11)7-5-10/h9H,2-8,11H2,1H3. The van der Waals surface area contributed by atoms with Crippen LogP contribution in [0, 0.1) is 11.3 Å². The van der Waals surface area contributed by atoms with Gasteiger partial charge in [-0.1, -0.05) is 13.3 Å². The van der Waals surface area contributed by atoms with Gasteiger partial charge in [0.1, 0.15) is 0 Å². The lowest BCUT2D eigenvalue weighted by Gasteiger charge is -2.37. The van der Waals surface area contributed by atoms with Crippen LogP contribution >= 0.6 is 0 Å². The van der Waals surface area contributed by atoms with Crippen LogP contribution in [0.2, 0.25) is 0 Å². The highest BCUT2D eigenvalue weighted by Gasteiger charge is 2.39. The SMILES string of the molecule is CC1CCC2(CCN(N)CC2)C1. The molecular weight excluding hydrogens is 148 g/mol. The number of hydrazine groups is 1. The quantitative estimate of drug-likeness (QED) is 0.558. The molecule has 1 saturated heterocycles. The summed E-state index contributed by atoms with van der Waals surface area (Å²) < 4.78 is 0. The Labute approximate surface area is 75.1 Å². The molecule has 2 fully saturated rings. The summed E-state index contributed by atoms with van der Waals surface area (Å²) in [6, 6.07) is 0. The van der Waals surface area contributed by atoms with E-state index in [0.717, 1.165) is 19.0 Å². The van der Waals surface area contributed by atoms with E-state index >= 15 is 0 Å². The fourth-order valence-electron chi connectivity index (χ4n) is 2.95. The van der Waals surface area contributed by atoms with Crippen molar-refractivity contribution in [1.82, 2.24) is 5.01 Å². The molecule has 2 N–H and O–H groups in total. The van der Waals surface area contributed by atoms with E-state index in [2.05, 4.69) is 6.92 Å². The number of nitrogens with two attached hydrogens (primary N) is 1. The van der Waals surface area contributed by atoms with Gasteiger partial charge in [0.15, 0.2) is 0 Å². The minimum atomic E-state index is 0.704. The van der Waals surface area contributed by atoms with Crippen LogP contribution < -0.4 is 5.84 Å². The molecule has 0 amide bonds. The van der Waals surface area contributed by atoms with E-state index < -0.39 is 0 Å². The normalized spacial score (nSPS) is 36.0. The second-order valence-electron chi connectivity index (χ2n) is 4.88. The van der Waals surface area contributed by atoms with Crippen LogP contribution in [-0.4, -0.2) is 18.1 Å². The largest absolute Gasteiger partial charge is 0.269 e. The van der Waals surface area contributed by atoms with Crippen molar-refractivity contribution in [3.05, 3.63) is 0 Å². The van der Waals surface area contributed by atoms with Crippen LogP contribution in [0.5, 0.6) is 0 Å². The van der Waals surface area contributed by atoms with Crippen LogP contribution in [0.3, 0.4) is 0 Å². The van der Waals surface area contributed by atoms with E-state index in [1.54, 1.807) is 0 Å². The summed E-state index contributed by atoms with van der Waals surface area (Å²) in [6.07, 6.45) is 7.05. The lowest BCUT2D eigenvalue weighted by Crippen LogP contribution is -2.42. The van der Waals surface area contributed by atoms with Gasteiger partial charge in [0.05, 0.1) is 0 Å². The molecule has 2 rings (SSSR count). The Kier molecular flexibility index (Phi) is 2.13. The Bertz CT molecular complexity index is 159. The zero-order valence-corrected chi connectivity index (χ0v) is 8.05. The smallest absolute Gasteiger partial charge is 0.0133 e. The maximum absolute atomic E-state index is 5.75. The molecule has 70 valence electrons. The van der Waals surface area contributed by atoms with E-state index in [4.69, 9.17) is 5.84 Å². The predicted octanol–water partition coefficient (Wildman–Crippen LogP) is 1.76. The first-order valence-electron chi connectivity index (χ1n) is 5.20. The third kappa shape index (κ3) is 1.50. The van der Waals surface area contributed by atoms with Crippen molar-refractivity contribution in [1.29, 1.82) is 0 Å². The minimum Gasteiger partial charge on any atom is -0.269 e. The highest BCUT2D eigenvalue weighted by atomic mass is 15.4. The van der Waals surface area contributed by atoms with Crippen molar-refractivity contribution in [2.45, 2.75) is 39.0 Å². The highest BCUT2D eigenvalue weighted by Crippen LogP contribution is 2.48. The van der Waals surface area contributed by atoms with Gasteiger partial charge in [-0.2, -0.15) is 0 Å². The monoisotopic (exact) mass is 168 g/mol. The first kappa shape index (κ1) is 8.52. The van der Waals surface area contributed by atoms with E-state index in [9.17, 15) is 0 Å². The first-order valence-corrected chi connectivity index (χ1v) is 5.20. The Morgan fingerprint density at radius 1 is 1.25 bits per heavy atom. The van der Waals surface area contributed by atoms with E-state index in [-0.39, 0.29) is 0 Å². The van der Waals surface area contributed by atoms with Crippen molar-refractivity contribution in [3.8, 4) is 0 Å². The number of hydrogen-bond acceptors (Lipinski definition) is 2. The van der Waals surface area contributed by atoms with E-state index in [1.807, 2.05) is 5.01 Å². The first-order chi connectivity index (χ1) is 5.70. The van der Waals surface area contributed by atoms with Crippen molar-refractivity contribution in [2.24, 2.45) is 17.2 Å². The van der Waals surface area contributed by atoms with Gasteiger partial charge in [-0.15, -0.1) is 0 Å². The van der Waals surface area contributed by atoms with Crippen molar-refractivity contribution in [2.75, 3.05) is 13.1 Å². The van der Waals surface area contributed by atoms with Crippen LogP contribution in [0.25, 0.3) is 0 Å². The molecule has 1 heterocycles. The van der Waals surface area contributed by atoms with Gasteiger partial charge < -0.3 is 0 Å². The third-order valence-corrected chi connectivity index (χ3v) is 3.81. The fraction of sp³-hybridized carbons (Fsp3) is 1.00. The molecule has 0 bridgehead atoms. The molecule has 2 nitrogen and oxygen atoms in total. The predicted molar refractivity (Wildman–Crippen MR) is 50.4 cm³/mol. The van der Waals surface area contributed by atoms with Crippen molar-refractivity contribution >= 4 is 0 Å². The summed E-state index contributed by atoms with van der Waals surface area (Å²) in [4.78, 5) is 0.